The number of ether oxygens (including phenoxy) is 3. The van der Waals surface area contributed by atoms with Gasteiger partial charge in [0.25, 0.3) is 0 Å². The smallest absolute Gasteiger partial charge is 0.412 e. The SMILES string of the molecule is CCOC(=O)C(C)(C)c1ccc(CN(C(=O)OC(C)(C)C)C(C)(C)OC)cc1. The van der Waals surface area contributed by atoms with Crippen molar-refractivity contribution in [3.8, 4) is 0 Å². The van der Waals surface area contributed by atoms with Crippen LogP contribution in [0, 0.1) is 0 Å². The van der Waals surface area contributed by atoms with E-state index in [-0.39, 0.29) is 5.97 Å². The highest BCUT2D eigenvalue weighted by atomic mass is 16.6. The Balaban J connectivity index is 3.08. The summed E-state index contributed by atoms with van der Waals surface area (Å²) < 4.78 is 16.2. The van der Waals surface area contributed by atoms with E-state index >= 15 is 0 Å². The van der Waals surface area contributed by atoms with Gasteiger partial charge < -0.3 is 14.2 Å². The van der Waals surface area contributed by atoms with Crippen molar-refractivity contribution in [2.75, 3.05) is 13.7 Å². The Morgan fingerprint density at radius 2 is 1.50 bits per heavy atom. The first-order valence-corrected chi connectivity index (χ1v) is 9.57. The molecule has 1 amide bonds. The zero-order valence-corrected chi connectivity index (χ0v) is 18.7. The Labute approximate surface area is 169 Å². The van der Waals surface area contributed by atoms with Crippen LogP contribution in [0.15, 0.2) is 24.3 Å². The van der Waals surface area contributed by atoms with E-state index in [4.69, 9.17) is 14.2 Å². The van der Waals surface area contributed by atoms with Crippen molar-refractivity contribution in [2.45, 2.75) is 78.7 Å². The highest BCUT2D eigenvalue weighted by Crippen LogP contribution is 2.27. The van der Waals surface area contributed by atoms with Gasteiger partial charge in [-0.25, -0.2) is 4.79 Å². The fourth-order valence-electron chi connectivity index (χ4n) is 2.54. The molecule has 0 aliphatic carbocycles. The molecular weight excluding hydrogens is 358 g/mol. The highest BCUT2D eigenvalue weighted by molar-refractivity contribution is 5.82. The van der Waals surface area contributed by atoms with Crippen LogP contribution in [0.1, 0.15) is 66.5 Å². The van der Waals surface area contributed by atoms with Gasteiger partial charge in [-0.3, -0.25) is 9.69 Å². The van der Waals surface area contributed by atoms with Gasteiger partial charge in [-0.2, -0.15) is 0 Å². The molecule has 1 rings (SSSR count). The van der Waals surface area contributed by atoms with Crippen LogP contribution in [0.5, 0.6) is 0 Å². The fourth-order valence-corrected chi connectivity index (χ4v) is 2.54. The monoisotopic (exact) mass is 393 g/mol. The van der Waals surface area contributed by atoms with E-state index in [9.17, 15) is 9.59 Å². The second kappa shape index (κ2) is 8.95. The lowest BCUT2D eigenvalue weighted by Crippen LogP contribution is -2.50. The summed E-state index contributed by atoms with van der Waals surface area (Å²) in [5.74, 6) is -0.265. The molecule has 0 saturated heterocycles. The van der Waals surface area contributed by atoms with Gasteiger partial charge in [0.2, 0.25) is 0 Å². The summed E-state index contributed by atoms with van der Waals surface area (Å²) in [6.07, 6.45) is -0.449. The second-order valence-corrected chi connectivity index (χ2v) is 8.76. The molecule has 0 radical (unpaired) electrons. The number of amides is 1. The lowest BCUT2D eigenvalue weighted by atomic mass is 9.84. The fraction of sp³-hybridized carbons (Fsp3) is 0.636. The summed E-state index contributed by atoms with van der Waals surface area (Å²) in [5, 5.41) is 0. The van der Waals surface area contributed by atoms with E-state index < -0.39 is 22.8 Å². The van der Waals surface area contributed by atoms with E-state index in [1.807, 2.05) is 72.7 Å². The second-order valence-electron chi connectivity index (χ2n) is 8.76. The van der Waals surface area contributed by atoms with Crippen LogP contribution in [0.3, 0.4) is 0 Å². The third-order valence-corrected chi connectivity index (χ3v) is 4.57. The number of rotatable bonds is 7. The molecule has 0 aliphatic heterocycles. The predicted molar refractivity (Wildman–Crippen MR) is 109 cm³/mol. The largest absolute Gasteiger partial charge is 0.465 e. The maximum Gasteiger partial charge on any atom is 0.412 e. The van der Waals surface area contributed by atoms with Gasteiger partial charge in [-0.1, -0.05) is 24.3 Å². The van der Waals surface area contributed by atoms with E-state index in [2.05, 4.69) is 0 Å². The van der Waals surface area contributed by atoms with Crippen LogP contribution in [0.25, 0.3) is 0 Å². The van der Waals surface area contributed by atoms with Gasteiger partial charge in [-0.05, 0) is 66.5 Å². The minimum absolute atomic E-state index is 0.265. The van der Waals surface area contributed by atoms with E-state index in [1.165, 1.54) is 0 Å². The molecule has 0 saturated carbocycles. The molecule has 6 heteroatoms. The van der Waals surface area contributed by atoms with Gasteiger partial charge in [0.15, 0.2) is 0 Å². The molecule has 1 aromatic carbocycles. The average Bonchev–Trinajstić information content (AvgIpc) is 2.58. The normalized spacial score (nSPS) is 12.5. The number of hydrogen-bond donors (Lipinski definition) is 0. The van der Waals surface area contributed by atoms with Crippen molar-refractivity contribution in [3.63, 3.8) is 0 Å². The number of hydrogen-bond acceptors (Lipinski definition) is 5. The van der Waals surface area contributed by atoms with Crippen molar-refractivity contribution in [1.29, 1.82) is 0 Å². The molecule has 0 aliphatic rings. The summed E-state index contributed by atoms with van der Waals surface area (Å²) in [6.45, 7) is 15.2. The third-order valence-electron chi connectivity index (χ3n) is 4.57. The molecule has 0 atom stereocenters. The van der Waals surface area contributed by atoms with Crippen LogP contribution in [-0.4, -0.2) is 42.0 Å². The molecule has 0 bridgehead atoms. The zero-order chi connectivity index (χ0) is 21.8. The molecule has 28 heavy (non-hydrogen) atoms. The lowest BCUT2D eigenvalue weighted by molar-refractivity contribution is -0.148. The van der Waals surface area contributed by atoms with E-state index in [1.54, 1.807) is 18.9 Å². The standard InChI is InChI=1S/C22H35NO5/c1-10-27-18(24)21(5,6)17-13-11-16(12-14-17)15-23(22(7,8)26-9)19(25)28-20(2,3)4/h11-14H,10,15H2,1-9H3. The zero-order valence-electron chi connectivity index (χ0n) is 18.7. The topological polar surface area (TPSA) is 65.1 Å². The number of carbonyl (C=O) groups excluding carboxylic acids is 2. The minimum atomic E-state index is -0.842. The number of nitrogens with zero attached hydrogens (tertiary/aromatic N) is 1. The van der Waals surface area contributed by atoms with Crippen molar-refractivity contribution in [2.24, 2.45) is 0 Å². The molecular formula is C22H35NO5. The first kappa shape index (κ1) is 24.0. The van der Waals surface area contributed by atoms with Crippen molar-refractivity contribution in [1.82, 2.24) is 4.90 Å². The minimum Gasteiger partial charge on any atom is -0.465 e. The molecule has 158 valence electrons. The average molecular weight is 394 g/mol. The maximum atomic E-state index is 12.7. The van der Waals surface area contributed by atoms with Gasteiger partial charge in [0.05, 0.1) is 18.6 Å². The molecule has 0 fully saturated rings. The van der Waals surface area contributed by atoms with Crippen LogP contribution in [-0.2, 0) is 31.0 Å². The number of methoxy groups -OCH3 is 1. The molecule has 0 aromatic heterocycles. The predicted octanol–water partition coefficient (Wildman–Crippen LogP) is 4.65. The molecule has 6 nitrogen and oxygen atoms in total. The molecule has 0 spiro atoms. The van der Waals surface area contributed by atoms with Gasteiger partial charge in [0.1, 0.15) is 11.3 Å². The summed E-state index contributed by atoms with van der Waals surface area (Å²) in [5.41, 5.74) is -0.438. The van der Waals surface area contributed by atoms with Crippen LogP contribution < -0.4 is 0 Å². The van der Waals surface area contributed by atoms with E-state index in [0.29, 0.717) is 13.2 Å². The lowest BCUT2D eigenvalue weighted by Gasteiger charge is -2.38. The summed E-state index contributed by atoms with van der Waals surface area (Å²) >= 11 is 0. The maximum absolute atomic E-state index is 12.7. The van der Waals surface area contributed by atoms with Crippen molar-refractivity contribution >= 4 is 12.1 Å². The van der Waals surface area contributed by atoms with Gasteiger partial charge in [0, 0.05) is 7.11 Å². The first-order valence-electron chi connectivity index (χ1n) is 9.57. The summed E-state index contributed by atoms with van der Waals surface area (Å²) in [7, 11) is 1.56. The molecule has 0 N–H and O–H groups in total. The Kier molecular flexibility index (Phi) is 7.66. The third kappa shape index (κ3) is 6.23. The summed E-state index contributed by atoms with van der Waals surface area (Å²) in [4.78, 5) is 26.5. The van der Waals surface area contributed by atoms with Crippen LogP contribution in [0.2, 0.25) is 0 Å². The number of benzene rings is 1. The first-order chi connectivity index (χ1) is 12.7. The Morgan fingerprint density at radius 1 is 0.964 bits per heavy atom. The van der Waals surface area contributed by atoms with Gasteiger partial charge in [-0.15, -0.1) is 0 Å². The van der Waals surface area contributed by atoms with Crippen molar-refractivity contribution < 1.29 is 23.8 Å². The number of esters is 1. The Bertz CT molecular complexity index is 671. The molecule has 1 aromatic rings. The van der Waals surface area contributed by atoms with Crippen LogP contribution in [0.4, 0.5) is 4.79 Å². The summed E-state index contributed by atoms with van der Waals surface area (Å²) in [6, 6.07) is 7.58. The highest BCUT2D eigenvalue weighted by Gasteiger charge is 2.35. The Hall–Kier alpha value is -2.08. The van der Waals surface area contributed by atoms with Crippen LogP contribution >= 0.6 is 0 Å². The van der Waals surface area contributed by atoms with Crippen molar-refractivity contribution in [3.05, 3.63) is 35.4 Å². The number of carbonyl (C=O) groups is 2. The molecule has 0 unspecified atom stereocenters. The Morgan fingerprint density at radius 3 is 1.93 bits per heavy atom. The van der Waals surface area contributed by atoms with Gasteiger partial charge >= 0.3 is 12.1 Å². The quantitative estimate of drug-likeness (QED) is 0.498. The molecule has 0 heterocycles. The van der Waals surface area contributed by atoms with E-state index in [0.717, 1.165) is 11.1 Å².